The fourth-order valence-electron chi connectivity index (χ4n) is 3.91. The van der Waals surface area contributed by atoms with E-state index < -0.39 is 0 Å². The summed E-state index contributed by atoms with van der Waals surface area (Å²) in [7, 11) is 0. The number of Topliss-reactive ketones (excluding diaryl/α,β-unsaturated/α-hetero) is 1. The van der Waals surface area contributed by atoms with Crippen LogP contribution in [0.25, 0.3) is 5.82 Å². The molecule has 0 aromatic carbocycles. The van der Waals surface area contributed by atoms with Gasteiger partial charge in [0, 0.05) is 29.6 Å². The van der Waals surface area contributed by atoms with E-state index in [1.165, 1.54) is 0 Å². The standard InChI is InChI=1S/C18H20N4O4/c1-10-7-13(12(3)22(10)16-8-11(2)26-19-16)15(23)9-21-17(24)14-5-4-6-20(14)18(21)25/h7-8,14H,4-6,9H2,1-3H3/t14-/m0/s1. The lowest BCUT2D eigenvalue weighted by Crippen LogP contribution is -2.37. The van der Waals surface area contributed by atoms with Crippen molar-refractivity contribution >= 4 is 17.7 Å². The normalized spacial score (nSPS) is 19.6. The lowest BCUT2D eigenvalue weighted by Gasteiger charge is -2.14. The molecule has 26 heavy (non-hydrogen) atoms. The number of hydrogen-bond acceptors (Lipinski definition) is 5. The van der Waals surface area contributed by atoms with Gasteiger partial charge in [-0.05, 0) is 39.7 Å². The number of ketones is 1. The first kappa shape index (κ1) is 16.6. The summed E-state index contributed by atoms with van der Waals surface area (Å²) in [6, 6.07) is 2.80. The Balaban J connectivity index is 1.60. The Morgan fingerprint density at radius 2 is 2.04 bits per heavy atom. The molecule has 2 saturated heterocycles. The van der Waals surface area contributed by atoms with Crippen LogP contribution >= 0.6 is 0 Å². The number of fused-ring (bicyclic) bond motifs is 1. The zero-order valence-corrected chi connectivity index (χ0v) is 15.0. The van der Waals surface area contributed by atoms with Crippen molar-refractivity contribution in [3.05, 3.63) is 34.8 Å². The molecule has 2 aliphatic rings. The van der Waals surface area contributed by atoms with E-state index in [0.29, 0.717) is 35.8 Å². The highest BCUT2D eigenvalue weighted by atomic mass is 16.5. The molecule has 0 N–H and O–H groups in total. The summed E-state index contributed by atoms with van der Waals surface area (Å²) in [5.41, 5.74) is 2.02. The van der Waals surface area contributed by atoms with Gasteiger partial charge in [0.05, 0.1) is 6.54 Å². The Hall–Kier alpha value is -2.90. The lowest BCUT2D eigenvalue weighted by molar-refractivity contribution is -0.127. The van der Waals surface area contributed by atoms with E-state index in [0.717, 1.165) is 17.0 Å². The fourth-order valence-corrected chi connectivity index (χ4v) is 3.91. The Morgan fingerprint density at radius 3 is 2.69 bits per heavy atom. The topological polar surface area (TPSA) is 88.7 Å². The first-order chi connectivity index (χ1) is 12.4. The van der Waals surface area contributed by atoms with Crippen molar-refractivity contribution in [3.8, 4) is 5.82 Å². The smallest absolute Gasteiger partial charge is 0.327 e. The summed E-state index contributed by atoms with van der Waals surface area (Å²) < 4.78 is 6.95. The third-order valence-electron chi connectivity index (χ3n) is 5.16. The quantitative estimate of drug-likeness (QED) is 0.617. The van der Waals surface area contributed by atoms with Gasteiger partial charge in [-0.3, -0.25) is 19.1 Å². The summed E-state index contributed by atoms with van der Waals surface area (Å²) >= 11 is 0. The molecule has 2 aromatic rings. The molecule has 0 aliphatic carbocycles. The molecular formula is C18H20N4O4. The van der Waals surface area contributed by atoms with Crippen LogP contribution in [0.3, 0.4) is 0 Å². The number of hydrogen-bond donors (Lipinski definition) is 0. The first-order valence-electron chi connectivity index (χ1n) is 8.66. The van der Waals surface area contributed by atoms with Crippen molar-refractivity contribution in [1.82, 2.24) is 19.5 Å². The van der Waals surface area contributed by atoms with E-state index in [2.05, 4.69) is 5.16 Å². The van der Waals surface area contributed by atoms with Crippen LogP contribution in [0.1, 0.15) is 40.3 Å². The number of carbonyl (C=O) groups excluding carboxylic acids is 3. The van der Waals surface area contributed by atoms with Crippen LogP contribution in [-0.4, -0.2) is 56.4 Å². The average molecular weight is 356 g/mol. The zero-order chi connectivity index (χ0) is 18.6. The number of carbonyl (C=O) groups is 3. The van der Waals surface area contributed by atoms with Crippen LogP contribution in [0, 0.1) is 20.8 Å². The van der Waals surface area contributed by atoms with E-state index >= 15 is 0 Å². The molecule has 4 rings (SSSR count). The maximum absolute atomic E-state index is 12.8. The van der Waals surface area contributed by atoms with Gasteiger partial charge in [0.25, 0.3) is 5.91 Å². The number of amides is 3. The second kappa shape index (κ2) is 5.82. The summed E-state index contributed by atoms with van der Waals surface area (Å²) in [6.45, 7) is 5.84. The predicted molar refractivity (Wildman–Crippen MR) is 91.2 cm³/mol. The Morgan fingerprint density at radius 1 is 1.27 bits per heavy atom. The van der Waals surface area contributed by atoms with Crippen molar-refractivity contribution in [2.24, 2.45) is 0 Å². The molecule has 136 valence electrons. The van der Waals surface area contributed by atoms with Crippen molar-refractivity contribution < 1.29 is 18.9 Å². The highest BCUT2D eigenvalue weighted by Gasteiger charge is 2.47. The molecule has 0 unspecified atom stereocenters. The van der Waals surface area contributed by atoms with E-state index in [1.807, 2.05) is 18.4 Å². The monoisotopic (exact) mass is 356 g/mol. The van der Waals surface area contributed by atoms with E-state index in [9.17, 15) is 14.4 Å². The summed E-state index contributed by atoms with van der Waals surface area (Å²) in [5.74, 6) is 0.758. The van der Waals surface area contributed by atoms with Crippen molar-refractivity contribution in [2.45, 2.75) is 39.7 Å². The molecule has 3 amide bonds. The number of rotatable bonds is 4. The van der Waals surface area contributed by atoms with Crippen LogP contribution < -0.4 is 0 Å². The minimum absolute atomic E-state index is 0.229. The second-order valence-electron chi connectivity index (χ2n) is 6.90. The van der Waals surface area contributed by atoms with Crippen molar-refractivity contribution in [3.63, 3.8) is 0 Å². The molecular weight excluding hydrogens is 336 g/mol. The molecule has 1 atom stereocenters. The van der Waals surface area contributed by atoms with Crippen LogP contribution in [0.5, 0.6) is 0 Å². The van der Waals surface area contributed by atoms with Crippen LogP contribution in [0.4, 0.5) is 4.79 Å². The predicted octanol–water partition coefficient (Wildman–Crippen LogP) is 2.00. The van der Waals surface area contributed by atoms with E-state index in [4.69, 9.17) is 4.52 Å². The maximum Gasteiger partial charge on any atom is 0.327 e. The van der Waals surface area contributed by atoms with Crippen molar-refractivity contribution in [1.29, 1.82) is 0 Å². The van der Waals surface area contributed by atoms with E-state index in [-0.39, 0.29) is 30.3 Å². The van der Waals surface area contributed by atoms with Crippen LogP contribution in [0.2, 0.25) is 0 Å². The van der Waals surface area contributed by atoms with Gasteiger partial charge >= 0.3 is 6.03 Å². The molecule has 0 saturated carbocycles. The SMILES string of the molecule is Cc1cc(-n2c(C)cc(C(=O)CN3C(=O)[C@@H]4CCCN4C3=O)c2C)no1. The molecule has 0 spiro atoms. The Bertz CT molecular complexity index is 904. The third-order valence-corrected chi connectivity index (χ3v) is 5.16. The Kier molecular flexibility index (Phi) is 3.71. The number of imide groups is 1. The molecule has 2 fully saturated rings. The minimum atomic E-state index is -0.388. The lowest BCUT2D eigenvalue weighted by atomic mass is 10.1. The van der Waals surface area contributed by atoms with Gasteiger partial charge in [0.2, 0.25) is 0 Å². The number of nitrogens with zero attached hydrogens (tertiary/aromatic N) is 4. The van der Waals surface area contributed by atoms with E-state index in [1.54, 1.807) is 24.0 Å². The first-order valence-corrected chi connectivity index (χ1v) is 8.66. The second-order valence-corrected chi connectivity index (χ2v) is 6.90. The van der Waals surface area contributed by atoms with Crippen LogP contribution in [-0.2, 0) is 4.79 Å². The average Bonchev–Trinajstić information content (AvgIpc) is 3.33. The zero-order valence-electron chi connectivity index (χ0n) is 15.0. The highest BCUT2D eigenvalue weighted by Crippen LogP contribution is 2.28. The third kappa shape index (κ3) is 2.36. The highest BCUT2D eigenvalue weighted by molar-refractivity contribution is 6.09. The number of aromatic nitrogens is 2. The van der Waals surface area contributed by atoms with Gasteiger partial charge in [-0.25, -0.2) is 4.79 Å². The molecule has 2 aromatic heterocycles. The number of urea groups is 1. The summed E-state index contributed by atoms with van der Waals surface area (Å²) in [5, 5.41) is 4.00. The fraction of sp³-hybridized carbons (Fsp3) is 0.444. The van der Waals surface area contributed by atoms with Gasteiger partial charge in [0.1, 0.15) is 11.8 Å². The van der Waals surface area contributed by atoms with Crippen LogP contribution in [0.15, 0.2) is 16.7 Å². The van der Waals surface area contributed by atoms with Gasteiger partial charge in [-0.2, -0.15) is 0 Å². The largest absolute Gasteiger partial charge is 0.360 e. The molecule has 0 radical (unpaired) electrons. The van der Waals surface area contributed by atoms with Crippen molar-refractivity contribution in [2.75, 3.05) is 13.1 Å². The molecule has 0 bridgehead atoms. The van der Waals surface area contributed by atoms with Gasteiger partial charge in [-0.15, -0.1) is 0 Å². The maximum atomic E-state index is 12.8. The van der Waals surface area contributed by atoms with Gasteiger partial charge < -0.3 is 9.42 Å². The molecule has 8 nitrogen and oxygen atoms in total. The summed E-state index contributed by atoms with van der Waals surface area (Å²) in [4.78, 5) is 40.3. The molecule has 8 heteroatoms. The Labute approximate surface area is 150 Å². The van der Waals surface area contributed by atoms with Gasteiger partial charge in [-0.1, -0.05) is 5.16 Å². The number of aryl methyl sites for hydroxylation is 2. The summed E-state index contributed by atoms with van der Waals surface area (Å²) in [6.07, 6.45) is 1.51. The van der Waals surface area contributed by atoms with Gasteiger partial charge in [0.15, 0.2) is 11.6 Å². The minimum Gasteiger partial charge on any atom is -0.360 e. The molecule has 2 aliphatic heterocycles. The molecule has 4 heterocycles.